The molecule has 0 saturated heterocycles. The summed E-state index contributed by atoms with van der Waals surface area (Å²) in [5.74, 6) is 1.83. The maximum absolute atomic E-state index is 5.31. The van der Waals surface area contributed by atoms with E-state index in [1.54, 1.807) is 7.11 Å². The van der Waals surface area contributed by atoms with E-state index in [0.717, 1.165) is 22.3 Å². The molecule has 0 bridgehead atoms. The lowest BCUT2D eigenvalue weighted by atomic mass is 10.1. The molecule has 0 aliphatic heterocycles. The van der Waals surface area contributed by atoms with E-state index in [1.165, 1.54) is 5.39 Å². The molecule has 0 saturated carbocycles. The molecule has 2 aromatic rings. The molecule has 0 fully saturated rings. The molecule has 102 valence electrons. The standard InChI is InChI=1S/C15H19BrN2O/c1-15(2,10-16)18(3)14-13-9-12(19-4)6-5-11(13)7-8-17-14/h5-9H,10H2,1-4H3. The molecule has 2 rings (SSSR count). The Morgan fingerprint density at radius 3 is 2.68 bits per heavy atom. The minimum atomic E-state index is -0.00956. The summed E-state index contributed by atoms with van der Waals surface area (Å²) in [5.41, 5.74) is -0.00956. The van der Waals surface area contributed by atoms with Crippen molar-refractivity contribution < 1.29 is 4.74 Å². The van der Waals surface area contributed by atoms with Gasteiger partial charge in [0.1, 0.15) is 11.6 Å². The number of hydrogen-bond donors (Lipinski definition) is 0. The third-order valence-corrected chi connectivity index (χ3v) is 4.88. The first kappa shape index (κ1) is 14.1. The van der Waals surface area contributed by atoms with Crippen LogP contribution >= 0.6 is 15.9 Å². The summed E-state index contributed by atoms with van der Waals surface area (Å²) in [5, 5.41) is 3.15. The van der Waals surface area contributed by atoms with Crippen LogP contribution in [0.25, 0.3) is 10.8 Å². The van der Waals surface area contributed by atoms with Crippen molar-refractivity contribution in [3.05, 3.63) is 30.5 Å². The highest BCUT2D eigenvalue weighted by atomic mass is 79.9. The number of rotatable bonds is 4. The van der Waals surface area contributed by atoms with Crippen LogP contribution in [0.4, 0.5) is 5.82 Å². The molecule has 0 radical (unpaired) electrons. The van der Waals surface area contributed by atoms with E-state index in [1.807, 2.05) is 24.4 Å². The van der Waals surface area contributed by atoms with Crippen molar-refractivity contribution in [3.8, 4) is 5.75 Å². The van der Waals surface area contributed by atoms with Crippen molar-refractivity contribution in [3.63, 3.8) is 0 Å². The number of alkyl halides is 1. The molecule has 19 heavy (non-hydrogen) atoms. The molecular weight excluding hydrogens is 304 g/mol. The molecule has 4 heteroatoms. The number of pyridine rings is 1. The van der Waals surface area contributed by atoms with E-state index in [9.17, 15) is 0 Å². The zero-order chi connectivity index (χ0) is 14.0. The minimum absolute atomic E-state index is 0.00956. The Labute approximate surface area is 122 Å². The van der Waals surface area contributed by atoms with Crippen LogP contribution in [-0.2, 0) is 0 Å². The smallest absolute Gasteiger partial charge is 0.136 e. The van der Waals surface area contributed by atoms with E-state index in [-0.39, 0.29) is 5.54 Å². The monoisotopic (exact) mass is 322 g/mol. The molecular formula is C15H19BrN2O. The van der Waals surface area contributed by atoms with Crippen molar-refractivity contribution in [1.29, 1.82) is 0 Å². The summed E-state index contributed by atoms with van der Waals surface area (Å²) in [6, 6.07) is 8.10. The average molecular weight is 323 g/mol. The van der Waals surface area contributed by atoms with Crippen LogP contribution < -0.4 is 9.64 Å². The van der Waals surface area contributed by atoms with E-state index in [2.05, 4.69) is 52.8 Å². The zero-order valence-electron chi connectivity index (χ0n) is 11.8. The summed E-state index contributed by atoms with van der Waals surface area (Å²) in [7, 11) is 3.76. The van der Waals surface area contributed by atoms with Gasteiger partial charge in [-0.15, -0.1) is 0 Å². The van der Waals surface area contributed by atoms with Crippen molar-refractivity contribution >= 4 is 32.5 Å². The van der Waals surface area contributed by atoms with Gasteiger partial charge in [0.25, 0.3) is 0 Å². The SMILES string of the molecule is COc1ccc2ccnc(N(C)C(C)(C)CBr)c2c1. The van der Waals surface area contributed by atoms with E-state index in [4.69, 9.17) is 4.74 Å². The molecule has 0 N–H and O–H groups in total. The summed E-state index contributed by atoms with van der Waals surface area (Å²) >= 11 is 3.57. The number of methoxy groups -OCH3 is 1. The van der Waals surface area contributed by atoms with Crippen LogP contribution in [0.2, 0.25) is 0 Å². The third kappa shape index (κ3) is 2.68. The molecule has 0 amide bonds. The summed E-state index contributed by atoms with van der Waals surface area (Å²) in [6.45, 7) is 4.37. The molecule has 3 nitrogen and oxygen atoms in total. The van der Waals surface area contributed by atoms with Gasteiger partial charge in [-0.3, -0.25) is 0 Å². The molecule has 0 aliphatic carbocycles. The first-order chi connectivity index (χ1) is 8.99. The third-order valence-electron chi connectivity index (χ3n) is 3.50. The van der Waals surface area contributed by atoms with Gasteiger partial charge < -0.3 is 9.64 Å². The Morgan fingerprint density at radius 1 is 1.32 bits per heavy atom. The lowest BCUT2D eigenvalue weighted by molar-refractivity contribution is 0.415. The number of anilines is 1. The quantitative estimate of drug-likeness (QED) is 0.799. The van der Waals surface area contributed by atoms with Gasteiger partial charge in [0, 0.05) is 29.5 Å². The van der Waals surface area contributed by atoms with Gasteiger partial charge in [0.05, 0.1) is 7.11 Å². The van der Waals surface area contributed by atoms with Gasteiger partial charge >= 0.3 is 0 Å². The van der Waals surface area contributed by atoms with Crippen LogP contribution in [0.15, 0.2) is 30.5 Å². The number of benzene rings is 1. The average Bonchev–Trinajstić information content (AvgIpc) is 2.45. The van der Waals surface area contributed by atoms with E-state index >= 15 is 0 Å². The van der Waals surface area contributed by atoms with Crippen LogP contribution in [-0.4, -0.2) is 30.0 Å². The fourth-order valence-electron chi connectivity index (χ4n) is 1.90. The van der Waals surface area contributed by atoms with Gasteiger partial charge in [-0.1, -0.05) is 22.0 Å². The van der Waals surface area contributed by atoms with Gasteiger partial charge in [0.15, 0.2) is 0 Å². The molecule has 1 heterocycles. The minimum Gasteiger partial charge on any atom is -0.497 e. The lowest BCUT2D eigenvalue weighted by Crippen LogP contribution is -2.43. The predicted molar refractivity (Wildman–Crippen MR) is 84.6 cm³/mol. The lowest BCUT2D eigenvalue weighted by Gasteiger charge is -2.35. The van der Waals surface area contributed by atoms with Gasteiger partial charge in [-0.05, 0) is 37.4 Å². The fourth-order valence-corrected chi connectivity index (χ4v) is 2.28. The van der Waals surface area contributed by atoms with Crippen molar-refractivity contribution in [1.82, 2.24) is 4.98 Å². The first-order valence-electron chi connectivity index (χ1n) is 6.22. The highest BCUT2D eigenvalue weighted by Gasteiger charge is 2.24. The maximum atomic E-state index is 5.31. The molecule has 0 atom stereocenters. The molecule has 0 spiro atoms. The molecule has 1 aromatic heterocycles. The second-order valence-corrected chi connectivity index (χ2v) is 5.79. The van der Waals surface area contributed by atoms with Crippen molar-refractivity contribution in [2.45, 2.75) is 19.4 Å². The number of hydrogen-bond acceptors (Lipinski definition) is 3. The normalized spacial score (nSPS) is 11.6. The van der Waals surface area contributed by atoms with E-state index in [0.29, 0.717) is 0 Å². The highest BCUT2D eigenvalue weighted by Crippen LogP contribution is 2.31. The topological polar surface area (TPSA) is 25.4 Å². The van der Waals surface area contributed by atoms with E-state index < -0.39 is 0 Å². The number of ether oxygens (including phenoxy) is 1. The zero-order valence-corrected chi connectivity index (χ0v) is 13.4. The second kappa shape index (κ2) is 5.37. The maximum Gasteiger partial charge on any atom is 0.136 e. The number of halogens is 1. The van der Waals surface area contributed by atoms with Gasteiger partial charge in [-0.2, -0.15) is 0 Å². The highest BCUT2D eigenvalue weighted by molar-refractivity contribution is 9.09. The second-order valence-electron chi connectivity index (χ2n) is 5.23. The predicted octanol–water partition coefficient (Wildman–Crippen LogP) is 3.85. The Balaban J connectivity index is 2.59. The fraction of sp³-hybridized carbons (Fsp3) is 0.400. The summed E-state index contributed by atoms with van der Waals surface area (Å²) in [4.78, 5) is 6.74. The number of aromatic nitrogens is 1. The first-order valence-corrected chi connectivity index (χ1v) is 7.34. The largest absolute Gasteiger partial charge is 0.497 e. The molecule has 0 unspecified atom stereocenters. The van der Waals surface area contributed by atoms with Crippen molar-refractivity contribution in [2.75, 3.05) is 24.4 Å². The van der Waals surface area contributed by atoms with Gasteiger partial charge in [-0.25, -0.2) is 4.98 Å². The number of fused-ring (bicyclic) bond motifs is 1. The van der Waals surface area contributed by atoms with Gasteiger partial charge in [0.2, 0.25) is 0 Å². The Hall–Kier alpha value is -1.29. The Bertz CT molecular complexity index is 583. The van der Waals surface area contributed by atoms with Crippen LogP contribution in [0.3, 0.4) is 0 Å². The van der Waals surface area contributed by atoms with Crippen LogP contribution in [0.1, 0.15) is 13.8 Å². The van der Waals surface area contributed by atoms with Crippen LogP contribution in [0, 0.1) is 0 Å². The Morgan fingerprint density at radius 2 is 2.05 bits per heavy atom. The van der Waals surface area contributed by atoms with Crippen LogP contribution in [0.5, 0.6) is 5.75 Å². The summed E-state index contributed by atoms with van der Waals surface area (Å²) < 4.78 is 5.31. The number of nitrogens with zero attached hydrogens (tertiary/aromatic N) is 2. The summed E-state index contributed by atoms with van der Waals surface area (Å²) in [6.07, 6.45) is 1.85. The molecule has 0 aliphatic rings. The Kier molecular flexibility index (Phi) is 3.99. The van der Waals surface area contributed by atoms with Crippen molar-refractivity contribution in [2.24, 2.45) is 0 Å². The molecule has 1 aromatic carbocycles.